The third-order valence-electron chi connectivity index (χ3n) is 7.38. The molecule has 0 saturated heterocycles. The number of carbonyl (C=O) groups is 2. The average Bonchev–Trinajstić information content (AvgIpc) is 3.38. The number of nitrogen functional groups attached to an aromatic ring is 1. The van der Waals surface area contributed by atoms with Crippen LogP contribution >= 0.6 is 0 Å². The number of ether oxygens (including phenoxy) is 3. The van der Waals surface area contributed by atoms with Gasteiger partial charge in [0.2, 0.25) is 5.91 Å². The molecule has 0 aliphatic carbocycles. The Morgan fingerprint density at radius 3 is 2.64 bits per heavy atom. The summed E-state index contributed by atoms with van der Waals surface area (Å²) in [5, 5.41) is 0.937. The highest BCUT2D eigenvalue weighted by Crippen LogP contribution is 2.29. The summed E-state index contributed by atoms with van der Waals surface area (Å²) in [4.78, 5) is 38.1. The molecule has 0 spiro atoms. The molecule has 236 valence electrons. The van der Waals surface area contributed by atoms with E-state index in [-0.39, 0.29) is 36.9 Å². The van der Waals surface area contributed by atoms with Gasteiger partial charge in [-0.3, -0.25) is 9.69 Å². The Morgan fingerprint density at radius 2 is 1.89 bits per heavy atom. The van der Waals surface area contributed by atoms with Crippen molar-refractivity contribution in [2.45, 2.75) is 39.8 Å². The summed E-state index contributed by atoms with van der Waals surface area (Å²) >= 11 is 0. The predicted octanol–water partition coefficient (Wildman–Crippen LogP) is 3.81. The van der Waals surface area contributed by atoms with Gasteiger partial charge in [0.05, 0.1) is 30.8 Å². The number of methoxy groups -OCH3 is 1. The largest absolute Gasteiger partial charge is 0.479 e. The Labute approximate surface area is 256 Å². The molecule has 0 atom stereocenters. The van der Waals surface area contributed by atoms with Crippen molar-refractivity contribution in [2.24, 2.45) is 0 Å². The molecule has 44 heavy (non-hydrogen) atoms. The van der Waals surface area contributed by atoms with Gasteiger partial charge >= 0.3 is 5.97 Å². The molecular formula is C32H41FN6O5. The number of imidazole rings is 1. The van der Waals surface area contributed by atoms with Crippen LogP contribution < -0.4 is 10.5 Å². The average molecular weight is 609 g/mol. The van der Waals surface area contributed by atoms with Crippen molar-refractivity contribution in [3.63, 3.8) is 0 Å². The molecule has 4 aromatic rings. The first kappa shape index (κ1) is 32.6. The Kier molecular flexibility index (Phi) is 11.4. The van der Waals surface area contributed by atoms with Crippen LogP contribution in [-0.2, 0) is 38.6 Å². The van der Waals surface area contributed by atoms with Crippen LogP contribution in [0.15, 0.2) is 42.5 Å². The topological polar surface area (TPSA) is 125 Å². The maximum Gasteiger partial charge on any atom is 0.344 e. The summed E-state index contributed by atoms with van der Waals surface area (Å²) in [5.74, 6) is -0.224. The number of hydrogen-bond donors (Lipinski definition) is 1. The Balaban J connectivity index is 1.59. The standard InChI is InChI=1S/C32H41FN6O5/c1-5-37(3)20-27(40)38(19-22-11-9-14-25(29(22)33)44-21-28(41)43-6-2)16-10-17-39-26(15-18-42-4)36-30-31(39)23-12-7-8-13-24(23)35-32(30)34/h7-9,11-14H,5-6,10,15-21H2,1-4H3,(H2,34,35). The zero-order valence-electron chi connectivity index (χ0n) is 25.8. The molecule has 4 rings (SSSR count). The number of pyridine rings is 1. The predicted molar refractivity (Wildman–Crippen MR) is 167 cm³/mol. The Hall–Kier alpha value is -4.29. The van der Waals surface area contributed by atoms with Crippen LogP contribution in [0.25, 0.3) is 21.9 Å². The summed E-state index contributed by atoms with van der Waals surface area (Å²) in [6.45, 7) is 5.77. The number of esters is 1. The van der Waals surface area contributed by atoms with Crippen molar-refractivity contribution in [1.29, 1.82) is 0 Å². The Bertz CT molecular complexity index is 1590. The molecule has 2 heterocycles. The minimum atomic E-state index is -0.615. The number of hydrogen-bond acceptors (Lipinski definition) is 9. The third kappa shape index (κ3) is 7.80. The van der Waals surface area contributed by atoms with E-state index in [2.05, 4.69) is 9.55 Å². The first-order valence-corrected chi connectivity index (χ1v) is 14.8. The van der Waals surface area contributed by atoms with E-state index in [4.69, 9.17) is 24.9 Å². The monoisotopic (exact) mass is 608 g/mol. The number of anilines is 1. The lowest BCUT2D eigenvalue weighted by atomic mass is 10.1. The van der Waals surface area contributed by atoms with Crippen molar-refractivity contribution in [3.05, 3.63) is 59.7 Å². The van der Waals surface area contributed by atoms with E-state index >= 15 is 4.39 Å². The van der Waals surface area contributed by atoms with Crippen LogP contribution in [0.1, 0.15) is 31.7 Å². The van der Waals surface area contributed by atoms with E-state index in [1.807, 2.05) is 43.1 Å². The van der Waals surface area contributed by atoms with E-state index in [1.165, 1.54) is 6.07 Å². The smallest absolute Gasteiger partial charge is 0.344 e. The van der Waals surface area contributed by atoms with E-state index in [1.54, 1.807) is 31.1 Å². The number of rotatable bonds is 16. The van der Waals surface area contributed by atoms with Gasteiger partial charge < -0.3 is 29.4 Å². The number of aryl methyl sites for hydroxylation is 1. The zero-order valence-corrected chi connectivity index (χ0v) is 25.8. The summed E-state index contributed by atoms with van der Waals surface area (Å²) in [7, 11) is 3.51. The summed E-state index contributed by atoms with van der Waals surface area (Å²) in [6.07, 6.45) is 1.15. The molecule has 0 aliphatic heterocycles. The summed E-state index contributed by atoms with van der Waals surface area (Å²) in [6, 6.07) is 12.5. The minimum absolute atomic E-state index is 0.0415. The molecule has 0 radical (unpaired) electrons. The molecule has 0 saturated carbocycles. The van der Waals surface area contributed by atoms with Gasteiger partial charge in [-0.2, -0.15) is 0 Å². The second-order valence-electron chi connectivity index (χ2n) is 10.5. The van der Waals surface area contributed by atoms with E-state index in [0.29, 0.717) is 50.4 Å². The van der Waals surface area contributed by atoms with Gasteiger partial charge in [0.15, 0.2) is 24.0 Å². The number of nitrogens with two attached hydrogens (primary N) is 1. The second kappa shape index (κ2) is 15.4. The number of aromatic nitrogens is 3. The maximum atomic E-state index is 15.5. The van der Waals surface area contributed by atoms with Crippen molar-refractivity contribution >= 4 is 39.6 Å². The third-order valence-corrected chi connectivity index (χ3v) is 7.38. The highest BCUT2D eigenvalue weighted by atomic mass is 19.1. The molecule has 12 heteroatoms. The molecule has 0 unspecified atom stereocenters. The number of likely N-dealkylation sites (N-methyl/N-ethyl adjacent to an activating group) is 1. The quantitative estimate of drug-likeness (QED) is 0.189. The molecule has 11 nitrogen and oxygen atoms in total. The van der Waals surface area contributed by atoms with Crippen molar-refractivity contribution in [1.82, 2.24) is 24.3 Å². The number of amides is 1. The molecular weight excluding hydrogens is 567 g/mol. The zero-order chi connectivity index (χ0) is 31.6. The van der Waals surface area contributed by atoms with Gasteiger partial charge in [0.1, 0.15) is 11.3 Å². The molecule has 1 amide bonds. The fraction of sp³-hybridized carbons (Fsp3) is 0.438. The Morgan fingerprint density at radius 1 is 1.09 bits per heavy atom. The van der Waals surface area contributed by atoms with Crippen LogP contribution in [0.3, 0.4) is 0 Å². The lowest BCUT2D eigenvalue weighted by Crippen LogP contribution is -2.39. The first-order chi connectivity index (χ1) is 21.3. The number of fused-ring (bicyclic) bond motifs is 3. The van der Waals surface area contributed by atoms with E-state index in [9.17, 15) is 9.59 Å². The molecule has 2 aromatic carbocycles. The summed E-state index contributed by atoms with van der Waals surface area (Å²) < 4.78 is 33.2. The number of nitrogens with zero attached hydrogens (tertiary/aromatic N) is 5. The van der Waals surface area contributed by atoms with Crippen LogP contribution in [0, 0.1) is 5.82 Å². The second-order valence-corrected chi connectivity index (χ2v) is 10.5. The molecule has 0 aliphatic rings. The lowest BCUT2D eigenvalue weighted by Gasteiger charge is -2.26. The number of para-hydroxylation sites is 1. The van der Waals surface area contributed by atoms with Gasteiger partial charge in [-0.15, -0.1) is 0 Å². The van der Waals surface area contributed by atoms with Gasteiger partial charge in [0.25, 0.3) is 0 Å². The minimum Gasteiger partial charge on any atom is -0.479 e. The van der Waals surface area contributed by atoms with Gasteiger partial charge in [-0.1, -0.05) is 37.3 Å². The normalized spacial score (nSPS) is 11.4. The SMILES string of the molecule is CCOC(=O)COc1cccc(CN(CCCn2c(CCOC)nc3c(N)nc4ccccc4c32)C(=O)CN(C)CC)c1F. The van der Waals surface area contributed by atoms with Crippen LogP contribution in [-0.4, -0.2) is 89.8 Å². The fourth-order valence-corrected chi connectivity index (χ4v) is 5.02. The first-order valence-electron chi connectivity index (χ1n) is 14.8. The van der Waals surface area contributed by atoms with E-state index < -0.39 is 18.4 Å². The van der Waals surface area contributed by atoms with E-state index in [0.717, 1.165) is 22.2 Å². The molecule has 2 aromatic heterocycles. The van der Waals surface area contributed by atoms with Crippen molar-refractivity contribution < 1.29 is 28.2 Å². The number of carbonyl (C=O) groups excluding carboxylic acids is 2. The number of benzene rings is 2. The van der Waals surface area contributed by atoms with Gasteiger partial charge in [-0.25, -0.2) is 19.2 Å². The maximum absolute atomic E-state index is 15.5. The van der Waals surface area contributed by atoms with Crippen LogP contribution in [0.5, 0.6) is 5.75 Å². The highest BCUT2D eigenvalue weighted by Gasteiger charge is 2.21. The summed E-state index contributed by atoms with van der Waals surface area (Å²) in [5.41, 5.74) is 8.91. The highest BCUT2D eigenvalue weighted by molar-refractivity contribution is 6.06. The van der Waals surface area contributed by atoms with Crippen LogP contribution in [0.2, 0.25) is 0 Å². The molecule has 0 bridgehead atoms. The molecule has 0 fully saturated rings. The number of halogens is 1. The van der Waals surface area contributed by atoms with Gasteiger partial charge in [0, 0.05) is 44.1 Å². The van der Waals surface area contributed by atoms with Crippen LogP contribution in [0.4, 0.5) is 10.2 Å². The lowest BCUT2D eigenvalue weighted by molar-refractivity contribution is -0.145. The van der Waals surface area contributed by atoms with Gasteiger partial charge in [-0.05, 0) is 39.1 Å². The molecule has 2 N–H and O–H groups in total. The fourth-order valence-electron chi connectivity index (χ4n) is 5.02. The van der Waals surface area contributed by atoms with Crippen molar-refractivity contribution in [3.8, 4) is 5.75 Å². The van der Waals surface area contributed by atoms with Crippen molar-refractivity contribution in [2.75, 3.05) is 59.3 Å².